The molecule has 0 unspecified atom stereocenters. The van der Waals surface area contributed by atoms with Crippen LogP contribution in [0.3, 0.4) is 0 Å². The molecule has 0 aliphatic heterocycles. The van der Waals surface area contributed by atoms with Gasteiger partial charge in [-0.05, 0) is 36.4 Å². The van der Waals surface area contributed by atoms with E-state index in [0.717, 1.165) is 22.0 Å². The first-order valence-corrected chi connectivity index (χ1v) is 7.36. The second kappa shape index (κ2) is 6.53. The fourth-order valence-corrected chi connectivity index (χ4v) is 2.53. The normalized spacial score (nSPS) is 10.3. The molecule has 0 spiro atoms. The summed E-state index contributed by atoms with van der Waals surface area (Å²) >= 11 is 1.67. The van der Waals surface area contributed by atoms with Crippen LogP contribution >= 0.6 is 11.8 Å². The van der Waals surface area contributed by atoms with Crippen LogP contribution in [0.5, 0.6) is 11.5 Å². The Morgan fingerprint density at radius 1 is 1.11 bits per heavy atom. The molecule has 2 aromatic carbocycles. The molecule has 3 heteroatoms. The average molecular weight is 274 g/mol. The minimum Gasteiger partial charge on any atom is -0.493 e. The molecule has 2 nitrogen and oxygen atoms in total. The molecule has 0 aliphatic carbocycles. The van der Waals surface area contributed by atoms with Crippen molar-refractivity contribution in [3.63, 3.8) is 0 Å². The smallest absolute Gasteiger partial charge is 0.175 e. The highest BCUT2D eigenvalue weighted by molar-refractivity contribution is 7.98. The maximum atomic E-state index is 5.95. The first kappa shape index (κ1) is 13.8. The maximum Gasteiger partial charge on any atom is 0.175 e. The predicted molar refractivity (Wildman–Crippen MR) is 80.3 cm³/mol. The van der Waals surface area contributed by atoms with Crippen LogP contribution in [0.25, 0.3) is 0 Å². The first-order valence-electron chi connectivity index (χ1n) is 6.14. The minimum absolute atomic E-state index is 0.549. The van der Waals surface area contributed by atoms with Gasteiger partial charge in [0.05, 0.1) is 12.0 Å². The Labute approximate surface area is 118 Å². The van der Waals surface area contributed by atoms with E-state index in [1.165, 1.54) is 5.56 Å². The zero-order chi connectivity index (χ0) is 13.7. The molecule has 0 saturated heterocycles. The molecule has 2 rings (SSSR count). The van der Waals surface area contributed by atoms with Crippen molar-refractivity contribution in [3.05, 3.63) is 53.6 Å². The van der Waals surface area contributed by atoms with Crippen LogP contribution in [0, 0.1) is 6.92 Å². The van der Waals surface area contributed by atoms with Gasteiger partial charge in [-0.1, -0.05) is 30.3 Å². The molecule has 0 radical (unpaired) electrons. The molecule has 19 heavy (non-hydrogen) atoms. The molecule has 0 saturated carbocycles. The van der Waals surface area contributed by atoms with Crippen molar-refractivity contribution in [1.82, 2.24) is 0 Å². The maximum absolute atomic E-state index is 5.95. The summed E-state index contributed by atoms with van der Waals surface area (Å²) in [5.74, 6) is 1.62. The lowest BCUT2D eigenvalue weighted by Gasteiger charge is -2.15. The van der Waals surface area contributed by atoms with E-state index in [4.69, 9.17) is 9.47 Å². The molecule has 0 atom stereocenters. The van der Waals surface area contributed by atoms with Crippen molar-refractivity contribution in [3.8, 4) is 11.5 Å². The number of ether oxygens (including phenoxy) is 2. The number of thioether (sulfide) groups is 1. The van der Waals surface area contributed by atoms with Crippen molar-refractivity contribution in [2.24, 2.45) is 0 Å². The highest BCUT2D eigenvalue weighted by Gasteiger charge is 2.11. The Hall–Kier alpha value is -1.61. The summed E-state index contributed by atoms with van der Waals surface area (Å²) in [6, 6.07) is 14.3. The zero-order valence-corrected chi connectivity index (χ0v) is 12.3. The molecule has 0 amide bonds. The SMILES string of the molecule is COc1cc(C)cc(SC)c1OCc1ccccc1. The summed E-state index contributed by atoms with van der Waals surface area (Å²) in [6.45, 7) is 2.61. The highest BCUT2D eigenvalue weighted by atomic mass is 32.2. The van der Waals surface area contributed by atoms with Crippen molar-refractivity contribution in [2.45, 2.75) is 18.4 Å². The molecule has 100 valence electrons. The van der Waals surface area contributed by atoms with Crippen LogP contribution < -0.4 is 9.47 Å². The zero-order valence-electron chi connectivity index (χ0n) is 11.5. The van der Waals surface area contributed by atoms with E-state index in [0.29, 0.717) is 6.61 Å². The molecule has 0 fully saturated rings. The van der Waals surface area contributed by atoms with Gasteiger partial charge in [0.15, 0.2) is 11.5 Å². The van der Waals surface area contributed by atoms with Crippen molar-refractivity contribution in [1.29, 1.82) is 0 Å². The molecule has 0 heterocycles. The van der Waals surface area contributed by atoms with Gasteiger partial charge in [0.1, 0.15) is 6.61 Å². The third-order valence-corrected chi connectivity index (χ3v) is 3.57. The van der Waals surface area contributed by atoms with E-state index >= 15 is 0 Å². The van der Waals surface area contributed by atoms with Gasteiger partial charge in [0, 0.05) is 0 Å². The standard InChI is InChI=1S/C16H18O2S/c1-12-9-14(17-2)16(15(10-12)19-3)18-11-13-7-5-4-6-8-13/h4-10H,11H2,1-3H3. The lowest BCUT2D eigenvalue weighted by atomic mass is 10.2. The van der Waals surface area contributed by atoms with Gasteiger partial charge in [-0.2, -0.15) is 0 Å². The third kappa shape index (κ3) is 3.44. The molecular formula is C16H18O2S. The minimum atomic E-state index is 0.549. The lowest BCUT2D eigenvalue weighted by molar-refractivity contribution is 0.277. The van der Waals surface area contributed by atoms with Crippen LogP contribution in [0.1, 0.15) is 11.1 Å². The summed E-state index contributed by atoms with van der Waals surface area (Å²) in [4.78, 5) is 1.10. The summed E-state index contributed by atoms with van der Waals surface area (Å²) in [7, 11) is 1.67. The van der Waals surface area contributed by atoms with Crippen LogP contribution in [-0.2, 0) is 6.61 Å². The molecule has 2 aromatic rings. The summed E-state index contributed by atoms with van der Waals surface area (Å²) in [5.41, 5.74) is 2.32. The van der Waals surface area contributed by atoms with Crippen molar-refractivity contribution in [2.75, 3.05) is 13.4 Å². The molecule has 0 aromatic heterocycles. The Kier molecular flexibility index (Phi) is 4.74. The van der Waals surface area contributed by atoms with Gasteiger partial charge < -0.3 is 9.47 Å². The molecular weight excluding hydrogens is 256 g/mol. The summed E-state index contributed by atoms with van der Waals surface area (Å²) in [6.07, 6.45) is 2.05. The van der Waals surface area contributed by atoms with E-state index in [2.05, 4.69) is 25.1 Å². The van der Waals surface area contributed by atoms with E-state index < -0.39 is 0 Å². The molecule has 0 N–H and O–H groups in total. The average Bonchev–Trinajstić information content (AvgIpc) is 2.46. The van der Waals surface area contributed by atoms with Gasteiger partial charge >= 0.3 is 0 Å². The van der Waals surface area contributed by atoms with Gasteiger partial charge in [-0.15, -0.1) is 11.8 Å². The Balaban J connectivity index is 2.23. The van der Waals surface area contributed by atoms with Crippen LogP contribution in [0.2, 0.25) is 0 Å². The second-order valence-electron chi connectivity index (χ2n) is 4.27. The predicted octanol–water partition coefficient (Wildman–Crippen LogP) is 4.30. The van der Waals surface area contributed by atoms with E-state index in [9.17, 15) is 0 Å². The van der Waals surface area contributed by atoms with Crippen LogP contribution in [0.15, 0.2) is 47.4 Å². The number of hydrogen-bond acceptors (Lipinski definition) is 3. The van der Waals surface area contributed by atoms with E-state index in [1.54, 1.807) is 18.9 Å². The van der Waals surface area contributed by atoms with E-state index in [1.807, 2.05) is 30.5 Å². The number of benzene rings is 2. The van der Waals surface area contributed by atoms with Gasteiger partial charge in [0.2, 0.25) is 0 Å². The summed E-state index contributed by atoms with van der Waals surface area (Å²) < 4.78 is 11.4. The second-order valence-corrected chi connectivity index (χ2v) is 5.12. The lowest BCUT2D eigenvalue weighted by Crippen LogP contribution is -1.99. The van der Waals surface area contributed by atoms with Crippen molar-refractivity contribution >= 4 is 11.8 Å². The first-order chi connectivity index (χ1) is 9.24. The van der Waals surface area contributed by atoms with Gasteiger partial charge in [-0.25, -0.2) is 0 Å². The van der Waals surface area contributed by atoms with Crippen LogP contribution in [0.4, 0.5) is 0 Å². The highest BCUT2D eigenvalue weighted by Crippen LogP contribution is 2.38. The largest absolute Gasteiger partial charge is 0.493 e. The number of rotatable bonds is 5. The van der Waals surface area contributed by atoms with Crippen molar-refractivity contribution < 1.29 is 9.47 Å². The fraction of sp³-hybridized carbons (Fsp3) is 0.250. The Morgan fingerprint density at radius 2 is 1.84 bits per heavy atom. The van der Waals surface area contributed by atoms with E-state index in [-0.39, 0.29) is 0 Å². The summed E-state index contributed by atoms with van der Waals surface area (Å²) in [5, 5.41) is 0. The molecule has 0 bridgehead atoms. The van der Waals surface area contributed by atoms with Gasteiger partial charge in [0.25, 0.3) is 0 Å². The Morgan fingerprint density at radius 3 is 2.47 bits per heavy atom. The molecule has 0 aliphatic rings. The number of methoxy groups -OCH3 is 1. The number of hydrogen-bond donors (Lipinski definition) is 0. The fourth-order valence-electron chi connectivity index (χ4n) is 1.88. The quantitative estimate of drug-likeness (QED) is 0.757. The third-order valence-electron chi connectivity index (χ3n) is 2.83. The number of aryl methyl sites for hydroxylation is 1. The van der Waals surface area contributed by atoms with Crippen LogP contribution in [-0.4, -0.2) is 13.4 Å². The topological polar surface area (TPSA) is 18.5 Å². The van der Waals surface area contributed by atoms with Gasteiger partial charge in [-0.3, -0.25) is 0 Å². The monoisotopic (exact) mass is 274 g/mol. The Bertz CT molecular complexity index is 513.